The number of rotatable bonds is 1. The number of H-pyrrole nitrogens is 1. The van der Waals surface area contributed by atoms with E-state index in [1.54, 1.807) is 0 Å². The fourth-order valence-corrected chi connectivity index (χ4v) is 2.18. The van der Waals surface area contributed by atoms with Gasteiger partial charge in [0.1, 0.15) is 0 Å². The van der Waals surface area contributed by atoms with E-state index in [2.05, 4.69) is 54.2 Å². The Hall–Kier alpha value is -2.09. The number of aromatic nitrogens is 2. The average Bonchev–Trinajstić information content (AvgIpc) is 2.68. The molecule has 0 amide bonds. The Labute approximate surface area is 100.0 Å². The maximum Gasteiger partial charge on any atom is 0.0870 e. The van der Waals surface area contributed by atoms with Crippen molar-refractivity contribution in [1.82, 2.24) is 9.97 Å². The van der Waals surface area contributed by atoms with Gasteiger partial charge in [-0.2, -0.15) is 0 Å². The molecule has 0 aliphatic carbocycles. The fourth-order valence-electron chi connectivity index (χ4n) is 2.18. The van der Waals surface area contributed by atoms with E-state index >= 15 is 0 Å². The topological polar surface area (TPSA) is 28.7 Å². The van der Waals surface area contributed by atoms with Crippen LogP contribution in [0.4, 0.5) is 0 Å². The molecule has 0 bridgehead atoms. The van der Waals surface area contributed by atoms with Crippen molar-refractivity contribution in [2.45, 2.75) is 13.8 Å². The number of benzene rings is 1. The lowest BCUT2D eigenvalue weighted by Gasteiger charge is -1.96. The fraction of sp³-hybridized carbons (Fsp3) is 0.133. The number of hydrogen-bond acceptors (Lipinski definition) is 1. The molecule has 0 spiro atoms. The Morgan fingerprint density at radius 1 is 1.12 bits per heavy atom. The zero-order valence-electron chi connectivity index (χ0n) is 9.99. The van der Waals surface area contributed by atoms with Crippen molar-refractivity contribution in [3.8, 4) is 0 Å². The third-order valence-electron chi connectivity index (χ3n) is 2.88. The lowest BCUT2D eigenvalue weighted by atomic mass is 10.1. The molecule has 3 aromatic rings. The molecule has 2 nitrogen and oxygen atoms in total. The van der Waals surface area contributed by atoms with E-state index in [1.807, 2.05) is 12.3 Å². The molecule has 2 heteroatoms. The predicted molar refractivity (Wildman–Crippen MR) is 72.9 cm³/mol. The third-order valence-corrected chi connectivity index (χ3v) is 2.88. The molecule has 1 aromatic carbocycles. The number of pyridine rings is 1. The van der Waals surface area contributed by atoms with Gasteiger partial charge in [0.05, 0.1) is 11.2 Å². The third kappa shape index (κ3) is 1.62. The quantitative estimate of drug-likeness (QED) is 0.658. The largest absolute Gasteiger partial charge is 0.353 e. The molecule has 84 valence electrons. The molecule has 2 heterocycles. The molecule has 17 heavy (non-hydrogen) atoms. The summed E-state index contributed by atoms with van der Waals surface area (Å²) in [5.41, 5.74) is 4.55. The molecule has 0 aliphatic heterocycles. The molecule has 0 atom stereocenters. The van der Waals surface area contributed by atoms with E-state index in [-0.39, 0.29) is 0 Å². The monoisotopic (exact) mass is 222 g/mol. The van der Waals surface area contributed by atoms with Crippen LogP contribution in [0.5, 0.6) is 0 Å². The maximum absolute atomic E-state index is 4.43. The number of nitrogens with one attached hydrogen (secondary N) is 1. The van der Waals surface area contributed by atoms with E-state index in [0.717, 1.165) is 11.2 Å². The van der Waals surface area contributed by atoms with Crippen LogP contribution >= 0.6 is 0 Å². The number of nitrogens with zero attached hydrogens (tertiary/aromatic N) is 1. The Balaban J connectivity index is 2.43. The minimum atomic E-state index is 1.01. The van der Waals surface area contributed by atoms with Crippen molar-refractivity contribution in [1.29, 1.82) is 0 Å². The first-order valence-corrected chi connectivity index (χ1v) is 5.76. The van der Waals surface area contributed by atoms with Gasteiger partial charge in [-0.3, -0.25) is 4.98 Å². The van der Waals surface area contributed by atoms with Gasteiger partial charge >= 0.3 is 0 Å². The highest BCUT2D eigenvalue weighted by Gasteiger charge is 2.06. The van der Waals surface area contributed by atoms with Gasteiger partial charge in [0.2, 0.25) is 0 Å². The number of hydrogen-bond donors (Lipinski definition) is 1. The summed E-state index contributed by atoms with van der Waals surface area (Å²) in [6, 6.07) is 10.4. The van der Waals surface area contributed by atoms with Crippen molar-refractivity contribution in [2.75, 3.05) is 0 Å². The Kier molecular flexibility index (Phi) is 2.22. The normalized spacial score (nSPS) is 10.9. The zero-order chi connectivity index (χ0) is 11.8. The Morgan fingerprint density at radius 2 is 1.94 bits per heavy atom. The summed E-state index contributed by atoms with van der Waals surface area (Å²) in [5.74, 6) is 0. The summed E-state index contributed by atoms with van der Waals surface area (Å²) >= 11 is 0. The molecular formula is C15H14N2. The lowest BCUT2D eigenvalue weighted by Crippen LogP contribution is -1.82. The van der Waals surface area contributed by atoms with Gasteiger partial charge in [-0.05, 0) is 32.1 Å². The Bertz CT molecular complexity index is 716. The minimum absolute atomic E-state index is 1.01. The van der Waals surface area contributed by atoms with E-state index < -0.39 is 0 Å². The highest BCUT2D eigenvalue weighted by atomic mass is 14.8. The minimum Gasteiger partial charge on any atom is -0.353 e. The smallest absolute Gasteiger partial charge is 0.0870 e. The van der Waals surface area contributed by atoms with Crippen molar-refractivity contribution >= 4 is 27.9 Å². The first-order valence-electron chi connectivity index (χ1n) is 5.76. The van der Waals surface area contributed by atoms with Gasteiger partial charge < -0.3 is 4.98 Å². The summed E-state index contributed by atoms with van der Waals surface area (Å²) in [5, 5.41) is 2.50. The van der Waals surface area contributed by atoms with Gasteiger partial charge in [-0.25, -0.2) is 0 Å². The van der Waals surface area contributed by atoms with Gasteiger partial charge in [0.25, 0.3) is 0 Å². The molecule has 0 unspecified atom stereocenters. The average molecular weight is 222 g/mol. The first-order chi connectivity index (χ1) is 8.25. The summed E-state index contributed by atoms with van der Waals surface area (Å²) < 4.78 is 0. The first kappa shape index (κ1) is 10.1. The van der Waals surface area contributed by atoms with Gasteiger partial charge in [-0.15, -0.1) is 0 Å². The number of allylic oxidation sites excluding steroid dienone is 1. The number of para-hydroxylation sites is 1. The van der Waals surface area contributed by atoms with Crippen LogP contribution in [-0.2, 0) is 0 Å². The number of aromatic amines is 1. The van der Waals surface area contributed by atoms with Gasteiger partial charge in [0.15, 0.2) is 0 Å². The second-order valence-corrected chi connectivity index (χ2v) is 4.51. The van der Waals surface area contributed by atoms with Crippen LogP contribution in [0.2, 0.25) is 0 Å². The molecule has 2 aromatic heterocycles. The Morgan fingerprint density at radius 3 is 2.76 bits per heavy atom. The molecule has 0 saturated carbocycles. The second kappa shape index (κ2) is 3.74. The zero-order valence-corrected chi connectivity index (χ0v) is 9.99. The van der Waals surface area contributed by atoms with Crippen LogP contribution in [-0.4, -0.2) is 9.97 Å². The van der Waals surface area contributed by atoms with Crippen LogP contribution in [0.15, 0.2) is 42.1 Å². The highest BCUT2D eigenvalue weighted by molar-refractivity contribution is 6.08. The molecule has 0 saturated heterocycles. The molecular weight excluding hydrogens is 208 g/mol. The lowest BCUT2D eigenvalue weighted by molar-refractivity contribution is 1.30. The van der Waals surface area contributed by atoms with Crippen LogP contribution in [0.25, 0.3) is 27.9 Å². The van der Waals surface area contributed by atoms with Crippen LogP contribution in [0, 0.1) is 0 Å². The molecule has 1 N–H and O–H groups in total. The summed E-state index contributed by atoms with van der Waals surface area (Å²) in [7, 11) is 0. The van der Waals surface area contributed by atoms with Crippen molar-refractivity contribution in [3.63, 3.8) is 0 Å². The van der Waals surface area contributed by atoms with Crippen molar-refractivity contribution in [2.24, 2.45) is 0 Å². The van der Waals surface area contributed by atoms with E-state index in [1.165, 1.54) is 21.9 Å². The SMILES string of the molecule is CC(C)=Cc1nccc2c1[nH]c1ccccc12. The van der Waals surface area contributed by atoms with Crippen LogP contribution < -0.4 is 0 Å². The maximum atomic E-state index is 4.43. The molecule has 3 rings (SSSR count). The summed E-state index contributed by atoms with van der Waals surface area (Å²) in [6.07, 6.45) is 3.98. The van der Waals surface area contributed by atoms with Gasteiger partial charge in [-0.1, -0.05) is 23.8 Å². The summed E-state index contributed by atoms with van der Waals surface area (Å²) in [6.45, 7) is 4.17. The van der Waals surface area contributed by atoms with Crippen LogP contribution in [0.1, 0.15) is 19.5 Å². The molecule has 0 aliphatic rings. The van der Waals surface area contributed by atoms with Gasteiger partial charge in [0, 0.05) is 22.5 Å². The van der Waals surface area contributed by atoms with E-state index in [4.69, 9.17) is 0 Å². The number of fused-ring (bicyclic) bond motifs is 3. The van der Waals surface area contributed by atoms with Crippen LogP contribution in [0.3, 0.4) is 0 Å². The van der Waals surface area contributed by atoms with Crippen molar-refractivity contribution < 1.29 is 0 Å². The molecule has 0 radical (unpaired) electrons. The second-order valence-electron chi connectivity index (χ2n) is 4.51. The predicted octanol–water partition coefficient (Wildman–Crippen LogP) is 4.14. The van der Waals surface area contributed by atoms with Crippen molar-refractivity contribution in [3.05, 3.63) is 47.8 Å². The van der Waals surface area contributed by atoms with E-state index in [9.17, 15) is 0 Å². The summed E-state index contributed by atoms with van der Waals surface area (Å²) in [4.78, 5) is 7.88. The molecule has 0 fully saturated rings. The van der Waals surface area contributed by atoms with E-state index in [0.29, 0.717) is 0 Å². The highest BCUT2D eigenvalue weighted by Crippen LogP contribution is 2.27. The standard InChI is InChI=1S/C15H14N2/c1-10(2)9-14-15-12(7-8-16-14)11-5-3-4-6-13(11)17-15/h3-9,17H,1-2H3.